The molecule has 0 unspecified atom stereocenters. The molecule has 0 aliphatic heterocycles. The van der Waals surface area contributed by atoms with E-state index in [2.05, 4.69) is 10.3 Å². The van der Waals surface area contributed by atoms with Crippen molar-refractivity contribution in [3.05, 3.63) is 64.0 Å². The van der Waals surface area contributed by atoms with Crippen molar-refractivity contribution in [2.45, 2.75) is 19.9 Å². The van der Waals surface area contributed by atoms with Crippen molar-refractivity contribution in [1.82, 2.24) is 10.3 Å². The number of nitrogens with zero attached hydrogens (tertiary/aromatic N) is 1. The maximum Gasteiger partial charge on any atom is 0.224 e. The Morgan fingerprint density at radius 2 is 1.70 bits per heavy atom. The maximum absolute atomic E-state index is 12.3. The molecule has 0 saturated carbocycles. The fraction of sp³-hybridized carbons (Fsp3) is 0.238. The Bertz CT molecular complexity index is 897. The molecule has 2 aromatic carbocycles. The topological polar surface area (TPSA) is 60.5 Å². The number of aromatic nitrogens is 1. The quantitative estimate of drug-likeness (QED) is 0.671. The van der Waals surface area contributed by atoms with E-state index in [-0.39, 0.29) is 5.91 Å². The smallest absolute Gasteiger partial charge is 0.224 e. The predicted octanol–water partition coefficient (Wildman–Crippen LogP) is 3.99. The van der Waals surface area contributed by atoms with Gasteiger partial charge in [-0.05, 0) is 30.2 Å². The molecule has 140 valence electrons. The summed E-state index contributed by atoms with van der Waals surface area (Å²) in [7, 11) is 3.21. The summed E-state index contributed by atoms with van der Waals surface area (Å²) in [5, 5.41) is 6.02. The van der Waals surface area contributed by atoms with E-state index in [4.69, 9.17) is 9.47 Å². The van der Waals surface area contributed by atoms with Gasteiger partial charge in [0.25, 0.3) is 0 Å². The van der Waals surface area contributed by atoms with Gasteiger partial charge in [0.2, 0.25) is 5.91 Å². The molecule has 6 heteroatoms. The molecule has 0 aliphatic rings. The lowest BCUT2D eigenvalue weighted by molar-refractivity contribution is -0.120. The maximum atomic E-state index is 12.3. The average Bonchev–Trinajstić information content (AvgIpc) is 3.13. The van der Waals surface area contributed by atoms with Gasteiger partial charge in [-0.2, -0.15) is 0 Å². The summed E-state index contributed by atoms with van der Waals surface area (Å²) in [6, 6.07) is 13.5. The lowest BCUT2D eigenvalue weighted by Crippen LogP contribution is -2.24. The van der Waals surface area contributed by atoms with Gasteiger partial charge in [-0.3, -0.25) is 4.79 Å². The van der Waals surface area contributed by atoms with Crippen molar-refractivity contribution in [2.24, 2.45) is 0 Å². The van der Waals surface area contributed by atoms with Gasteiger partial charge in [-0.15, -0.1) is 11.3 Å². The summed E-state index contributed by atoms with van der Waals surface area (Å²) in [6.45, 7) is 2.41. The minimum absolute atomic E-state index is 0.0333. The predicted molar refractivity (Wildman–Crippen MR) is 107 cm³/mol. The molecule has 3 aromatic rings. The van der Waals surface area contributed by atoms with Gasteiger partial charge in [0, 0.05) is 23.6 Å². The number of rotatable bonds is 7. The number of aryl methyl sites for hydroxylation is 1. The van der Waals surface area contributed by atoms with Crippen LogP contribution in [-0.2, 0) is 17.8 Å². The summed E-state index contributed by atoms with van der Waals surface area (Å²) in [6.07, 6.45) is 0.331. The van der Waals surface area contributed by atoms with Crippen LogP contribution in [0.1, 0.15) is 16.1 Å². The van der Waals surface area contributed by atoms with Crippen LogP contribution in [0, 0.1) is 6.92 Å². The van der Waals surface area contributed by atoms with E-state index in [0.29, 0.717) is 24.5 Å². The summed E-state index contributed by atoms with van der Waals surface area (Å²) in [5.74, 6) is 1.37. The third-order valence-electron chi connectivity index (χ3n) is 4.13. The number of benzene rings is 2. The first-order chi connectivity index (χ1) is 13.1. The van der Waals surface area contributed by atoms with Gasteiger partial charge in [0.05, 0.1) is 31.3 Å². The SMILES string of the molecule is COc1cc(CNC(=O)Cc2ccc(-c3csc(C)n3)cc2)cc(OC)c1. The normalized spacial score (nSPS) is 10.5. The number of amides is 1. The Hall–Kier alpha value is -2.86. The molecule has 1 heterocycles. The van der Waals surface area contributed by atoms with Crippen molar-refractivity contribution in [1.29, 1.82) is 0 Å². The molecule has 5 nitrogen and oxygen atoms in total. The molecular formula is C21H22N2O3S. The lowest BCUT2D eigenvalue weighted by atomic mass is 10.1. The molecule has 27 heavy (non-hydrogen) atoms. The Balaban J connectivity index is 1.58. The zero-order valence-electron chi connectivity index (χ0n) is 15.6. The van der Waals surface area contributed by atoms with Crippen molar-refractivity contribution >= 4 is 17.2 Å². The van der Waals surface area contributed by atoms with Crippen LogP contribution in [0.2, 0.25) is 0 Å². The Morgan fingerprint density at radius 3 is 2.26 bits per heavy atom. The summed E-state index contributed by atoms with van der Waals surface area (Å²) >= 11 is 1.63. The second kappa shape index (κ2) is 8.68. The molecule has 0 aliphatic carbocycles. The van der Waals surface area contributed by atoms with Crippen molar-refractivity contribution in [3.8, 4) is 22.8 Å². The second-order valence-corrected chi connectivity index (χ2v) is 7.19. The molecular weight excluding hydrogens is 360 g/mol. The fourth-order valence-electron chi connectivity index (χ4n) is 2.71. The molecule has 0 saturated heterocycles. The lowest BCUT2D eigenvalue weighted by Gasteiger charge is -2.10. The molecule has 0 bridgehead atoms. The molecule has 0 atom stereocenters. The Kier molecular flexibility index (Phi) is 6.08. The van der Waals surface area contributed by atoms with E-state index in [9.17, 15) is 4.79 Å². The van der Waals surface area contributed by atoms with E-state index >= 15 is 0 Å². The first kappa shape index (κ1) is 18.9. The van der Waals surface area contributed by atoms with Gasteiger partial charge in [-0.25, -0.2) is 4.98 Å². The third-order valence-corrected chi connectivity index (χ3v) is 4.91. The van der Waals surface area contributed by atoms with Crippen molar-refractivity contribution < 1.29 is 14.3 Å². The second-order valence-electron chi connectivity index (χ2n) is 6.12. The first-order valence-electron chi connectivity index (χ1n) is 8.57. The van der Waals surface area contributed by atoms with Gasteiger partial charge >= 0.3 is 0 Å². The highest BCUT2D eigenvalue weighted by molar-refractivity contribution is 7.09. The molecule has 0 spiro atoms. The average molecular weight is 382 g/mol. The fourth-order valence-corrected chi connectivity index (χ4v) is 3.33. The molecule has 0 fully saturated rings. The number of thiazole rings is 1. The number of carbonyl (C=O) groups is 1. The number of methoxy groups -OCH3 is 2. The molecule has 1 aromatic heterocycles. The van der Waals surface area contributed by atoms with Crippen LogP contribution in [0.5, 0.6) is 11.5 Å². The highest BCUT2D eigenvalue weighted by atomic mass is 32.1. The Labute approximate surface area is 163 Å². The molecule has 1 N–H and O–H groups in total. The van der Waals surface area contributed by atoms with Crippen LogP contribution < -0.4 is 14.8 Å². The van der Waals surface area contributed by atoms with Crippen LogP contribution in [0.4, 0.5) is 0 Å². The molecule has 3 rings (SSSR count). The van der Waals surface area contributed by atoms with E-state index < -0.39 is 0 Å². The molecule has 1 amide bonds. The van der Waals surface area contributed by atoms with E-state index in [1.807, 2.05) is 48.7 Å². The highest BCUT2D eigenvalue weighted by Gasteiger charge is 2.07. The number of nitrogens with one attached hydrogen (secondary N) is 1. The van der Waals surface area contributed by atoms with Gasteiger partial charge in [0.1, 0.15) is 11.5 Å². The van der Waals surface area contributed by atoms with Crippen LogP contribution in [0.25, 0.3) is 11.3 Å². The first-order valence-corrected chi connectivity index (χ1v) is 9.45. The number of carbonyl (C=O) groups excluding carboxylic acids is 1. The standard InChI is InChI=1S/C21H22N2O3S/c1-14-23-20(13-27-14)17-6-4-15(5-7-17)10-21(24)22-12-16-8-18(25-2)11-19(9-16)26-3/h4-9,11,13H,10,12H2,1-3H3,(H,22,24). The zero-order valence-corrected chi connectivity index (χ0v) is 16.4. The zero-order chi connectivity index (χ0) is 19.2. The van der Waals surface area contributed by atoms with Crippen LogP contribution >= 0.6 is 11.3 Å². The number of hydrogen-bond acceptors (Lipinski definition) is 5. The number of hydrogen-bond donors (Lipinski definition) is 1. The van der Waals surface area contributed by atoms with Crippen LogP contribution in [-0.4, -0.2) is 25.1 Å². The van der Waals surface area contributed by atoms with E-state index in [1.165, 1.54) is 0 Å². The van der Waals surface area contributed by atoms with Gasteiger partial charge in [-0.1, -0.05) is 24.3 Å². The monoisotopic (exact) mass is 382 g/mol. The van der Waals surface area contributed by atoms with E-state index in [1.54, 1.807) is 31.6 Å². The third kappa shape index (κ3) is 5.08. The minimum atomic E-state index is -0.0333. The number of ether oxygens (including phenoxy) is 2. The summed E-state index contributed by atoms with van der Waals surface area (Å²) in [4.78, 5) is 16.8. The van der Waals surface area contributed by atoms with Crippen molar-refractivity contribution in [2.75, 3.05) is 14.2 Å². The highest BCUT2D eigenvalue weighted by Crippen LogP contribution is 2.23. The van der Waals surface area contributed by atoms with Gasteiger partial charge in [0.15, 0.2) is 0 Å². The summed E-state index contributed by atoms with van der Waals surface area (Å²) in [5.41, 5.74) is 3.92. The van der Waals surface area contributed by atoms with Crippen molar-refractivity contribution in [3.63, 3.8) is 0 Å². The molecule has 0 radical (unpaired) electrons. The summed E-state index contributed by atoms with van der Waals surface area (Å²) < 4.78 is 10.5. The Morgan fingerprint density at radius 1 is 1.04 bits per heavy atom. The van der Waals surface area contributed by atoms with Gasteiger partial charge < -0.3 is 14.8 Å². The van der Waals surface area contributed by atoms with Crippen LogP contribution in [0.15, 0.2) is 47.8 Å². The minimum Gasteiger partial charge on any atom is -0.497 e. The van der Waals surface area contributed by atoms with Crippen LogP contribution in [0.3, 0.4) is 0 Å². The van der Waals surface area contributed by atoms with E-state index in [0.717, 1.165) is 27.4 Å². The largest absolute Gasteiger partial charge is 0.497 e.